The molecule has 4 N–H and O–H groups in total. The van der Waals surface area contributed by atoms with Crippen molar-refractivity contribution >= 4 is 10.0 Å². The zero-order valence-corrected chi connectivity index (χ0v) is 29.5. The van der Waals surface area contributed by atoms with Crippen LogP contribution in [0, 0.1) is 5.92 Å². The number of sulfonamides is 1. The quantitative estimate of drug-likeness (QED) is 0.109. The predicted molar refractivity (Wildman–Crippen MR) is 196 cm³/mol. The third-order valence-corrected chi connectivity index (χ3v) is 10.7. The van der Waals surface area contributed by atoms with Gasteiger partial charge in [-0.2, -0.15) is 0 Å². The zero-order valence-electron chi connectivity index (χ0n) is 28.7. The van der Waals surface area contributed by atoms with Gasteiger partial charge in [-0.3, -0.25) is 0 Å². The van der Waals surface area contributed by atoms with Crippen molar-refractivity contribution in [2.45, 2.75) is 49.6 Å². The van der Waals surface area contributed by atoms with Crippen molar-refractivity contribution in [3.05, 3.63) is 155 Å². The van der Waals surface area contributed by atoms with Gasteiger partial charge in [0, 0.05) is 31.1 Å². The van der Waals surface area contributed by atoms with E-state index in [1.54, 1.807) is 54.6 Å². The molecular weight excluding hydrogens is 665 g/mol. The third kappa shape index (κ3) is 9.10. The average molecular weight is 709 g/mol. The molecule has 0 aromatic heterocycles. The number of ether oxygens (including phenoxy) is 2. The van der Waals surface area contributed by atoms with E-state index in [1.807, 2.05) is 84.7 Å². The summed E-state index contributed by atoms with van der Waals surface area (Å²) in [6, 6.07) is 38.5. The summed E-state index contributed by atoms with van der Waals surface area (Å²) in [5, 5.41) is 30.4. The fourth-order valence-corrected chi connectivity index (χ4v) is 7.44. The van der Waals surface area contributed by atoms with Crippen LogP contribution in [-0.4, -0.2) is 54.9 Å². The molecule has 10 heteroatoms. The average Bonchev–Trinajstić information content (AvgIpc) is 3.15. The summed E-state index contributed by atoms with van der Waals surface area (Å²) in [5.41, 5.74) is 6.04. The van der Waals surface area contributed by atoms with Gasteiger partial charge in [-0.15, -0.1) is 0 Å². The van der Waals surface area contributed by atoms with Crippen LogP contribution in [0.25, 0.3) is 11.1 Å². The van der Waals surface area contributed by atoms with E-state index in [1.165, 1.54) is 0 Å². The lowest BCUT2D eigenvalue weighted by molar-refractivity contribution is -0.276. The number of aliphatic hydroxyl groups is 2. The molecule has 1 aliphatic rings. The minimum atomic E-state index is -3.63. The Morgan fingerprint density at radius 3 is 2.20 bits per heavy atom. The second kappa shape index (κ2) is 16.3. The molecule has 0 radical (unpaired) electrons. The SMILES string of the molecule is C[C@H]1[C@@H](CN(C)C[C@@H](O)c2cccc(O)c2)O[C@@H](c2ccc(-c3cccc(CNS(=O)(=O)c4ccccc4)c3)cc2)O[C@H]1c1ccc(CO)cc1. The zero-order chi connectivity index (χ0) is 36.0. The summed E-state index contributed by atoms with van der Waals surface area (Å²) in [6.07, 6.45) is -1.98. The minimum Gasteiger partial charge on any atom is -0.508 e. The summed E-state index contributed by atoms with van der Waals surface area (Å²) in [6.45, 7) is 3.09. The Balaban J connectivity index is 1.18. The highest BCUT2D eigenvalue weighted by Gasteiger charge is 2.39. The number of phenolic OH excluding ortho intramolecular Hbond substituents is 1. The number of aliphatic hydroxyl groups excluding tert-OH is 2. The van der Waals surface area contributed by atoms with Gasteiger partial charge in [-0.05, 0) is 70.8 Å². The van der Waals surface area contributed by atoms with Crippen molar-refractivity contribution in [2.75, 3.05) is 20.1 Å². The number of aromatic hydroxyl groups is 1. The fraction of sp³-hybridized carbons (Fsp3) is 0.268. The first-order valence-corrected chi connectivity index (χ1v) is 18.5. The van der Waals surface area contributed by atoms with Crippen molar-refractivity contribution < 1.29 is 33.2 Å². The molecule has 5 aromatic rings. The number of hydrogen-bond acceptors (Lipinski definition) is 8. The molecule has 0 spiro atoms. The van der Waals surface area contributed by atoms with Gasteiger partial charge in [0.1, 0.15) is 5.75 Å². The van der Waals surface area contributed by atoms with Crippen LogP contribution in [0.1, 0.15) is 53.2 Å². The normalized spacial score (nSPS) is 19.9. The van der Waals surface area contributed by atoms with Gasteiger partial charge in [-0.1, -0.05) is 104 Å². The molecule has 5 aromatic carbocycles. The maximum absolute atomic E-state index is 12.7. The van der Waals surface area contributed by atoms with Crippen molar-refractivity contribution in [3.8, 4) is 16.9 Å². The fourth-order valence-electron chi connectivity index (χ4n) is 6.40. The summed E-state index contributed by atoms with van der Waals surface area (Å²) >= 11 is 0. The predicted octanol–water partition coefficient (Wildman–Crippen LogP) is 6.49. The number of benzene rings is 5. The summed E-state index contributed by atoms with van der Waals surface area (Å²) in [5.74, 6) is 0.0708. The van der Waals surface area contributed by atoms with Crippen molar-refractivity contribution in [1.29, 1.82) is 0 Å². The third-order valence-electron chi connectivity index (χ3n) is 9.32. The van der Waals surface area contributed by atoms with E-state index in [4.69, 9.17) is 9.47 Å². The molecule has 1 saturated heterocycles. The molecule has 0 bridgehead atoms. The number of rotatable bonds is 13. The summed E-state index contributed by atoms with van der Waals surface area (Å²) in [4.78, 5) is 2.25. The molecule has 51 heavy (non-hydrogen) atoms. The smallest absolute Gasteiger partial charge is 0.240 e. The Hall–Kier alpha value is -4.39. The molecular formula is C41H44N2O7S. The van der Waals surface area contributed by atoms with Crippen LogP contribution in [-0.2, 0) is 32.6 Å². The van der Waals surface area contributed by atoms with Crippen LogP contribution in [0.5, 0.6) is 5.75 Å². The van der Waals surface area contributed by atoms with E-state index in [-0.39, 0.29) is 41.9 Å². The Labute approximate surface area is 299 Å². The monoisotopic (exact) mass is 708 g/mol. The lowest BCUT2D eigenvalue weighted by atomic mass is 9.90. The highest BCUT2D eigenvalue weighted by atomic mass is 32.2. The maximum atomic E-state index is 12.7. The summed E-state index contributed by atoms with van der Waals surface area (Å²) < 4.78 is 41.4. The number of hydrogen-bond donors (Lipinski definition) is 4. The number of nitrogens with zero attached hydrogens (tertiary/aromatic N) is 1. The van der Waals surface area contributed by atoms with Crippen molar-refractivity contribution in [3.63, 3.8) is 0 Å². The lowest BCUT2D eigenvalue weighted by Crippen LogP contribution is -2.44. The Morgan fingerprint density at radius 1 is 0.784 bits per heavy atom. The molecule has 0 amide bonds. The van der Waals surface area contributed by atoms with Crippen molar-refractivity contribution in [1.82, 2.24) is 9.62 Å². The van der Waals surface area contributed by atoms with Crippen LogP contribution in [0.3, 0.4) is 0 Å². The van der Waals surface area contributed by atoms with E-state index in [9.17, 15) is 23.7 Å². The molecule has 1 heterocycles. The van der Waals surface area contributed by atoms with Crippen LogP contribution >= 0.6 is 0 Å². The molecule has 1 fully saturated rings. The standard InChI is InChI=1S/C41H44N2O7S/c1-28-39(26-43(2)25-38(46)35-10-7-11-36(45)23-35)49-41(50-40(28)32-16-14-29(27-44)15-17-32)33-20-18-31(19-21-33)34-9-6-8-30(22-34)24-42-51(47,48)37-12-4-3-5-13-37/h3-23,28,38-42,44-46H,24-27H2,1-2H3/t28-,38+,39+,40+,41+/m0/s1. The van der Waals surface area contributed by atoms with Crippen LogP contribution in [0.4, 0.5) is 0 Å². The Morgan fingerprint density at radius 2 is 1.49 bits per heavy atom. The first-order chi connectivity index (χ1) is 24.6. The first-order valence-electron chi connectivity index (χ1n) is 17.0. The van der Waals surface area contributed by atoms with Crippen LogP contribution in [0.15, 0.2) is 132 Å². The first kappa shape index (κ1) is 36.4. The molecule has 0 saturated carbocycles. The topological polar surface area (TPSA) is 129 Å². The summed E-state index contributed by atoms with van der Waals surface area (Å²) in [7, 11) is -1.69. The van der Waals surface area contributed by atoms with Gasteiger partial charge in [0.25, 0.3) is 0 Å². The molecule has 9 nitrogen and oxygen atoms in total. The van der Waals surface area contributed by atoms with E-state index < -0.39 is 22.4 Å². The molecule has 5 atom stereocenters. The Kier molecular flexibility index (Phi) is 11.6. The highest BCUT2D eigenvalue weighted by molar-refractivity contribution is 7.89. The lowest BCUT2D eigenvalue weighted by Gasteiger charge is -2.42. The number of phenols is 1. The second-order valence-electron chi connectivity index (χ2n) is 13.1. The van der Waals surface area contributed by atoms with Gasteiger partial charge in [0.2, 0.25) is 10.0 Å². The van der Waals surface area contributed by atoms with E-state index >= 15 is 0 Å². The van der Waals surface area contributed by atoms with Crippen molar-refractivity contribution in [2.24, 2.45) is 5.92 Å². The number of likely N-dealkylation sites (N-methyl/N-ethyl adjacent to an activating group) is 1. The van der Waals surface area contributed by atoms with Crippen LogP contribution < -0.4 is 4.72 Å². The van der Waals surface area contributed by atoms with Crippen LogP contribution in [0.2, 0.25) is 0 Å². The van der Waals surface area contributed by atoms with E-state index in [2.05, 4.69) is 11.6 Å². The number of nitrogens with one attached hydrogen (secondary N) is 1. The van der Waals surface area contributed by atoms with E-state index in [0.717, 1.165) is 33.4 Å². The molecule has 6 rings (SSSR count). The van der Waals surface area contributed by atoms with Gasteiger partial charge >= 0.3 is 0 Å². The Bertz CT molecular complexity index is 1990. The molecule has 0 unspecified atom stereocenters. The molecule has 0 aliphatic carbocycles. The molecule has 1 aliphatic heterocycles. The maximum Gasteiger partial charge on any atom is 0.240 e. The van der Waals surface area contributed by atoms with E-state index in [0.29, 0.717) is 18.7 Å². The second-order valence-corrected chi connectivity index (χ2v) is 14.9. The largest absolute Gasteiger partial charge is 0.508 e. The van der Waals surface area contributed by atoms with Gasteiger partial charge in [0.15, 0.2) is 6.29 Å². The van der Waals surface area contributed by atoms with Gasteiger partial charge in [-0.25, -0.2) is 13.1 Å². The molecule has 266 valence electrons. The van der Waals surface area contributed by atoms with Gasteiger partial charge < -0.3 is 29.7 Å². The van der Waals surface area contributed by atoms with Gasteiger partial charge in [0.05, 0.1) is 29.8 Å². The highest BCUT2D eigenvalue weighted by Crippen LogP contribution is 2.42. The minimum absolute atomic E-state index is 0.0390.